The van der Waals surface area contributed by atoms with Gasteiger partial charge in [-0.3, -0.25) is 4.79 Å². The number of esters is 1. The van der Waals surface area contributed by atoms with E-state index in [1.807, 2.05) is 0 Å². The van der Waals surface area contributed by atoms with Crippen molar-refractivity contribution >= 4 is 12.1 Å². The van der Waals surface area contributed by atoms with Crippen LogP contribution < -0.4 is 11.1 Å². The molecule has 0 aromatic heterocycles. The van der Waals surface area contributed by atoms with Crippen molar-refractivity contribution in [2.75, 3.05) is 0 Å². The van der Waals surface area contributed by atoms with Crippen LogP contribution in [0.25, 0.3) is 0 Å². The number of alkyl carbamates (subject to hydrolysis) is 1. The van der Waals surface area contributed by atoms with Crippen LogP contribution in [0.3, 0.4) is 0 Å². The molecule has 3 atom stereocenters. The van der Waals surface area contributed by atoms with E-state index in [0.717, 1.165) is 6.42 Å². The number of nitrogens with one attached hydrogen (secondary N) is 1. The summed E-state index contributed by atoms with van der Waals surface area (Å²) >= 11 is 0. The van der Waals surface area contributed by atoms with Crippen LogP contribution >= 0.6 is 0 Å². The summed E-state index contributed by atoms with van der Waals surface area (Å²) in [7, 11) is 0. The maximum atomic E-state index is 11.2. The van der Waals surface area contributed by atoms with Gasteiger partial charge in [0.1, 0.15) is 0 Å². The number of fused-ring (bicyclic) bond motifs is 1. The smallest absolute Gasteiger partial charge is 0.376 e. The Bertz CT molecular complexity index is 254. The standard InChI is InChI=1S/C8H12N2O3/c9-4-1-2-5-6(3-4)10-8(12)13-7(5)11/h4-6H,1-3,9H2,(H,10,12). The number of hydrogen-bond acceptors (Lipinski definition) is 4. The Kier molecular flexibility index (Phi) is 1.95. The third-order valence-electron chi connectivity index (χ3n) is 2.69. The fourth-order valence-electron chi connectivity index (χ4n) is 1.99. The zero-order valence-electron chi connectivity index (χ0n) is 7.16. The lowest BCUT2D eigenvalue weighted by Crippen LogP contribution is -2.55. The maximum Gasteiger partial charge on any atom is 0.415 e. The van der Waals surface area contributed by atoms with E-state index in [4.69, 9.17) is 5.73 Å². The second-order valence-corrected chi connectivity index (χ2v) is 3.64. The Balaban J connectivity index is 2.10. The van der Waals surface area contributed by atoms with Crippen LogP contribution in [0.15, 0.2) is 0 Å². The van der Waals surface area contributed by atoms with E-state index in [-0.39, 0.29) is 18.0 Å². The summed E-state index contributed by atoms with van der Waals surface area (Å²) in [5.74, 6) is -0.585. The van der Waals surface area contributed by atoms with Gasteiger partial charge in [-0.2, -0.15) is 0 Å². The van der Waals surface area contributed by atoms with Crippen LogP contribution in [0.1, 0.15) is 19.3 Å². The highest BCUT2D eigenvalue weighted by atomic mass is 16.6. The van der Waals surface area contributed by atoms with Crippen molar-refractivity contribution in [2.45, 2.75) is 31.3 Å². The molecule has 2 fully saturated rings. The molecule has 3 unspecified atom stereocenters. The van der Waals surface area contributed by atoms with Crippen molar-refractivity contribution in [3.05, 3.63) is 0 Å². The first-order chi connectivity index (χ1) is 6.16. The molecule has 1 aliphatic carbocycles. The number of carbonyl (C=O) groups is 2. The molecule has 0 bridgehead atoms. The molecule has 1 saturated carbocycles. The number of ether oxygens (including phenoxy) is 1. The molecule has 5 nitrogen and oxygen atoms in total. The molecule has 1 saturated heterocycles. The van der Waals surface area contributed by atoms with Gasteiger partial charge in [0.05, 0.1) is 5.92 Å². The van der Waals surface area contributed by atoms with Crippen LogP contribution in [-0.2, 0) is 9.53 Å². The highest BCUT2D eigenvalue weighted by Gasteiger charge is 2.40. The number of carbonyl (C=O) groups excluding carboxylic acids is 2. The van der Waals surface area contributed by atoms with E-state index in [0.29, 0.717) is 12.8 Å². The first-order valence-electron chi connectivity index (χ1n) is 4.44. The average Bonchev–Trinajstić information content (AvgIpc) is 2.02. The zero-order chi connectivity index (χ0) is 9.42. The Morgan fingerprint density at radius 3 is 2.92 bits per heavy atom. The number of cyclic esters (lactones) is 2. The number of amides is 1. The summed E-state index contributed by atoms with van der Waals surface area (Å²) in [6.45, 7) is 0. The molecular weight excluding hydrogens is 172 g/mol. The van der Waals surface area contributed by atoms with E-state index < -0.39 is 12.1 Å². The summed E-state index contributed by atoms with van der Waals surface area (Å²) in [5, 5.41) is 2.62. The van der Waals surface area contributed by atoms with Gasteiger partial charge in [-0.15, -0.1) is 0 Å². The molecule has 5 heteroatoms. The molecule has 0 spiro atoms. The van der Waals surface area contributed by atoms with Crippen molar-refractivity contribution < 1.29 is 14.3 Å². The van der Waals surface area contributed by atoms with Crippen molar-refractivity contribution in [3.8, 4) is 0 Å². The number of nitrogens with two attached hydrogens (primary N) is 1. The fourth-order valence-corrected chi connectivity index (χ4v) is 1.99. The average molecular weight is 184 g/mol. The van der Waals surface area contributed by atoms with Gasteiger partial charge in [-0.25, -0.2) is 4.79 Å². The highest BCUT2D eigenvalue weighted by molar-refractivity contribution is 5.89. The largest absolute Gasteiger partial charge is 0.415 e. The second-order valence-electron chi connectivity index (χ2n) is 3.64. The van der Waals surface area contributed by atoms with E-state index in [2.05, 4.69) is 10.1 Å². The van der Waals surface area contributed by atoms with Gasteiger partial charge in [-0.05, 0) is 19.3 Å². The van der Waals surface area contributed by atoms with Crippen LogP contribution in [-0.4, -0.2) is 24.1 Å². The maximum absolute atomic E-state index is 11.2. The zero-order valence-corrected chi connectivity index (χ0v) is 7.16. The lowest BCUT2D eigenvalue weighted by atomic mass is 9.81. The normalized spacial score (nSPS) is 39.0. The summed E-state index contributed by atoms with van der Waals surface area (Å²) < 4.78 is 4.46. The van der Waals surface area contributed by atoms with E-state index in [9.17, 15) is 9.59 Å². The van der Waals surface area contributed by atoms with Crippen molar-refractivity contribution in [2.24, 2.45) is 11.7 Å². The van der Waals surface area contributed by atoms with Gasteiger partial charge >= 0.3 is 12.1 Å². The third-order valence-corrected chi connectivity index (χ3v) is 2.69. The summed E-state index contributed by atoms with van der Waals surface area (Å²) in [5.41, 5.74) is 5.73. The van der Waals surface area contributed by atoms with E-state index in [1.165, 1.54) is 0 Å². The van der Waals surface area contributed by atoms with Crippen molar-refractivity contribution in [1.29, 1.82) is 0 Å². The number of hydrogen-bond donors (Lipinski definition) is 2. The van der Waals surface area contributed by atoms with Gasteiger partial charge < -0.3 is 15.8 Å². The molecule has 1 aliphatic heterocycles. The van der Waals surface area contributed by atoms with Crippen LogP contribution in [0.5, 0.6) is 0 Å². The predicted octanol–water partition coefficient (Wildman–Crippen LogP) is -0.251. The van der Waals surface area contributed by atoms with Crippen molar-refractivity contribution in [3.63, 3.8) is 0 Å². The summed E-state index contributed by atoms with van der Waals surface area (Å²) in [6, 6.07) is -0.0232. The van der Waals surface area contributed by atoms with Gasteiger partial charge in [0.2, 0.25) is 0 Å². The molecule has 3 N–H and O–H groups in total. The quantitative estimate of drug-likeness (QED) is 0.401. The lowest BCUT2D eigenvalue weighted by molar-refractivity contribution is -0.147. The Labute approximate surface area is 75.6 Å². The molecule has 72 valence electrons. The molecule has 2 rings (SSSR count). The van der Waals surface area contributed by atoms with Gasteiger partial charge in [0, 0.05) is 12.1 Å². The molecule has 0 radical (unpaired) electrons. The Morgan fingerprint density at radius 1 is 1.38 bits per heavy atom. The first kappa shape index (κ1) is 8.50. The fraction of sp³-hybridized carbons (Fsp3) is 0.750. The second kappa shape index (κ2) is 2.99. The van der Waals surface area contributed by atoms with Crippen LogP contribution in [0, 0.1) is 5.92 Å². The minimum Gasteiger partial charge on any atom is -0.376 e. The monoisotopic (exact) mass is 184 g/mol. The Morgan fingerprint density at radius 2 is 2.15 bits per heavy atom. The molecule has 1 heterocycles. The predicted molar refractivity (Wildman–Crippen MR) is 43.7 cm³/mol. The minimum absolute atomic E-state index is 0.0902. The SMILES string of the molecule is NC1CCC2C(=O)OC(=O)NC2C1. The van der Waals surface area contributed by atoms with E-state index >= 15 is 0 Å². The van der Waals surface area contributed by atoms with Crippen molar-refractivity contribution in [1.82, 2.24) is 5.32 Å². The minimum atomic E-state index is -0.639. The van der Waals surface area contributed by atoms with Gasteiger partial charge in [-0.1, -0.05) is 0 Å². The van der Waals surface area contributed by atoms with Crippen LogP contribution in [0.2, 0.25) is 0 Å². The molecule has 1 amide bonds. The molecule has 2 aliphatic rings. The molecule has 0 aromatic carbocycles. The van der Waals surface area contributed by atoms with Gasteiger partial charge in [0.25, 0.3) is 0 Å². The number of rotatable bonds is 0. The molecule has 0 aromatic rings. The van der Waals surface area contributed by atoms with Gasteiger partial charge in [0.15, 0.2) is 0 Å². The molecule has 13 heavy (non-hydrogen) atoms. The first-order valence-corrected chi connectivity index (χ1v) is 4.44. The highest BCUT2D eigenvalue weighted by Crippen LogP contribution is 2.27. The molecular formula is C8H12N2O3. The van der Waals surface area contributed by atoms with E-state index in [1.54, 1.807) is 0 Å². The van der Waals surface area contributed by atoms with Crippen LogP contribution in [0.4, 0.5) is 4.79 Å². The Hall–Kier alpha value is -1.10. The summed E-state index contributed by atoms with van der Waals surface area (Å²) in [4.78, 5) is 22.1. The third kappa shape index (κ3) is 1.51. The lowest BCUT2D eigenvalue weighted by Gasteiger charge is -2.36. The topological polar surface area (TPSA) is 81.4 Å². The summed E-state index contributed by atoms with van der Waals surface area (Å²) in [6.07, 6.45) is 1.57.